The van der Waals surface area contributed by atoms with Gasteiger partial charge < -0.3 is 24.6 Å². The molecule has 0 aliphatic carbocycles. The number of aryl methyl sites for hydroxylation is 1. The molecule has 3 aromatic rings. The van der Waals surface area contributed by atoms with Crippen molar-refractivity contribution in [2.75, 3.05) is 32.8 Å². The minimum Gasteiger partial charge on any atom is -0.460 e. The fourth-order valence-electron chi connectivity index (χ4n) is 4.96. The number of carbonyl (C=O) groups is 4. The van der Waals surface area contributed by atoms with E-state index < -0.39 is 29.6 Å². The van der Waals surface area contributed by atoms with Gasteiger partial charge in [0.2, 0.25) is 5.91 Å². The van der Waals surface area contributed by atoms with Crippen LogP contribution in [0.4, 0.5) is 4.79 Å². The lowest BCUT2D eigenvalue weighted by molar-refractivity contribution is -0.155. The van der Waals surface area contributed by atoms with Crippen LogP contribution in [0.1, 0.15) is 76.5 Å². The summed E-state index contributed by atoms with van der Waals surface area (Å²) in [6.45, 7) is 10.4. The predicted octanol–water partition coefficient (Wildman–Crippen LogP) is 3.59. The SMILES string of the molecule is CCCCc1cn(-c2cc(C(=O)N[C@@H](CCC(=O)OC(C)(C)C)C(=O)N3CCN(C(=O)OCC)CC3)nc(-c3ccccc3)n2)nn1. The quantitative estimate of drug-likeness (QED) is 0.287. The fourth-order valence-corrected chi connectivity index (χ4v) is 4.96. The van der Waals surface area contributed by atoms with E-state index in [1.54, 1.807) is 38.8 Å². The second kappa shape index (κ2) is 16.1. The Morgan fingerprint density at radius 1 is 0.979 bits per heavy atom. The van der Waals surface area contributed by atoms with E-state index in [0.717, 1.165) is 25.0 Å². The molecular formula is C33H44N8O6. The van der Waals surface area contributed by atoms with Gasteiger partial charge in [-0.1, -0.05) is 48.9 Å². The molecule has 1 aromatic carbocycles. The van der Waals surface area contributed by atoms with Crippen LogP contribution in [0.3, 0.4) is 0 Å². The summed E-state index contributed by atoms with van der Waals surface area (Å²) < 4.78 is 12.0. The Hall–Kier alpha value is -4.88. The molecule has 1 N–H and O–H groups in total. The average Bonchev–Trinajstić information content (AvgIpc) is 3.54. The third-order valence-electron chi connectivity index (χ3n) is 7.32. The number of ether oxygens (including phenoxy) is 2. The first-order valence-electron chi connectivity index (χ1n) is 16.1. The van der Waals surface area contributed by atoms with Gasteiger partial charge in [0.1, 0.15) is 17.3 Å². The summed E-state index contributed by atoms with van der Waals surface area (Å²) in [7, 11) is 0. The molecule has 1 saturated heterocycles. The average molecular weight is 649 g/mol. The maximum Gasteiger partial charge on any atom is 0.409 e. The van der Waals surface area contributed by atoms with Gasteiger partial charge in [-0.2, -0.15) is 0 Å². The monoisotopic (exact) mass is 648 g/mol. The van der Waals surface area contributed by atoms with Crippen LogP contribution < -0.4 is 5.32 Å². The second-order valence-corrected chi connectivity index (χ2v) is 12.2. The van der Waals surface area contributed by atoms with Crippen LogP contribution >= 0.6 is 0 Å². The fraction of sp³-hybridized carbons (Fsp3) is 0.515. The molecule has 1 aliphatic rings. The van der Waals surface area contributed by atoms with Crippen LogP contribution in [-0.4, -0.2) is 103 Å². The second-order valence-electron chi connectivity index (χ2n) is 12.2. The summed E-state index contributed by atoms with van der Waals surface area (Å²) in [6.07, 6.45) is 3.98. The number of rotatable bonds is 12. The van der Waals surface area contributed by atoms with E-state index in [4.69, 9.17) is 9.47 Å². The zero-order valence-electron chi connectivity index (χ0n) is 27.8. The van der Waals surface area contributed by atoms with Crippen molar-refractivity contribution in [3.8, 4) is 17.2 Å². The number of esters is 1. The molecule has 0 bridgehead atoms. The summed E-state index contributed by atoms with van der Waals surface area (Å²) in [5.41, 5.74) is 0.800. The van der Waals surface area contributed by atoms with Crippen LogP contribution in [0.25, 0.3) is 17.2 Å². The number of carbonyl (C=O) groups excluding carboxylic acids is 4. The smallest absolute Gasteiger partial charge is 0.409 e. The highest BCUT2D eigenvalue weighted by Gasteiger charge is 2.32. The number of amides is 3. The minimum absolute atomic E-state index is 0.00489. The molecule has 14 nitrogen and oxygen atoms in total. The van der Waals surface area contributed by atoms with Crippen LogP contribution in [0.2, 0.25) is 0 Å². The Morgan fingerprint density at radius 3 is 2.34 bits per heavy atom. The lowest BCUT2D eigenvalue weighted by Gasteiger charge is -2.36. The van der Waals surface area contributed by atoms with E-state index in [1.807, 2.05) is 30.3 Å². The molecule has 2 aromatic heterocycles. The van der Waals surface area contributed by atoms with E-state index in [-0.39, 0.29) is 57.2 Å². The summed E-state index contributed by atoms with van der Waals surface area (Å²) >= 11 is 0. The molecule has 0 spiro atoms. The van der Waals surface area contributed by atoms with Crippen molar-refractivity contribution in [2.45, 2.75) is 78.4 Å². The third kappa shape index (κ3) is 10.1. The molecule has 1 aliphatic heterocycles. The Bertz CT molecular complexity index is 1530. The van der Waals surface area contributed by atoms with Gasteiger partial charge in [-0.25, -0.2) is 19.4 Å². The minimum atomic E-state index is -1.06. The van der Waals surface area contributed by atoms with Gasteiger partial charge in [0, 0.05) is 44.2 Å². The van der Waals surface area contributed by atoms with Gasteiger partial charge in [0.25, 0.3) is 5.91 Å². The van der Waals surface area contributed by atoms with E-state index in [0.29, 0.717) is 17.2 Å². The number of unbranched alkanes of at least 4 members (excludes halogenated alkanes) is 1. The summed E-state index contributed by atoms with van der Waals surface area (Å²) in [4.78, 5) is 64.7. The number of aromatic nitrogens is 5. The Balaban J connectivity index is 1.59. The number of nitrogens with one attached hydrogen (secondary N) is 1. The van der Waals surface area contributed by atoms with E-state index >= 15 is 0 Å². The van der Waals surface area contributed by atoms with Crippen LogP contribution in [0.5, 0.6) is 0 Å². The number of nitrogens with zero attached hydrogens (tertiary/aromatic N) is 7. The Morgan fingerprint density at radius 2 is 1.68 bits per heavy atom. The Kier molecular flexibility index (Phi) is 12.0. The van der Waals surface area contributed by atoms with E-state index in [1.165, 1.54) is 15.6 Å². The number of piperazine rings is 1. The Labute approximate surface area is 274 Å². The molecule has 252 valence electrons. The third-order valence-corrected chi connectivity index (χ3v) is 7.32. The topological polar surface area (TPSA) is 162 Å². The first-order valence-corrected chi connectivity index (χ1v) is 16.1. The zero-order chi connectivity index (χ0) is 34.0. The highest BCUT2D eigenvalue weighted by Crippen LogP contribution is 2.19. The maximum absolute atomic E-state index is 13.8. The number of hydrogen-bond acceptors (Lipinski definition) is 10. The molecule has 14 heteroatoms. The van der Waals surface area contributed by atoms with Gasteiger partial charge in [0.05, 0.1) is 18.5 Å². The predicted molar refractivity (Wildman–Crippen MR) is 173 cm³/mol. The molecule has 0 unspecified atom stereocenters. The largest absolute Gasteiger partial charge is 0.460 e. The highest BCUT2D eigenvalue weighted by molar-refractivity contribution is 5.97. The first-order chi connectivity index (χ1) is 22.5. The molecule has 0 saturated carbocycles. The molecule has 47 heavy (non-hydrogen) atoms. The highest BCUT2D eigenvalue weighted by atomic mass is 16.6. The lowest BCUT2D eigenvalue weighted by Crippen LogP contribution is -2.56. The van der Waals surface area contributed by atoms with Crippen molar-refractivity contribution in [1.82, 2.24) is 40.1 Å². The molecule has 4 rings (SSSR count). The molecule has 3 amide bonds. The van der Waals surface area contributed by atoms with Crippen LogP contribution in [-0.2, 0) is 25.5 Å². The standard InChI is InChI=1S/C33H44N8O6/c1-6-8-14-24-22-41(38-37-24)27-21-26(34-29(36-27)23-12-10-9-11-13-23)30(43)35-25(15-16-28(42)47-33(3,4)5)31(44)39-17-19-40(20-18-39)32(45)46-7-2/h9-13,21-22,25H,6-8,14-20H2,1-5H3,(H,35,43)/t25-/m0/s1. The van der Waals surface area contributed by atoms with Crippen molar-refractivity contribution in [3.63, 3.8) is 0 Å². The molecule has 1 atom stereocenters. The van der Waals surface area contributed by atoms with Gasteiger partial charge in [-0.15, -0.1) is 5.10 Å². The summed E-state index contributed by atoms with van der Waals surface area (Å²) in [6, 6.07) is 9.65. The molecule has 3 heterocycles. The summed E-state index contributed by atoms with van der Waals surface area (Å²) in [5.74, 6) is -0.848. The van der Waals surface area contributed by atoms with Crippen molar-refractivity contribution < 1.29 is 28.7 Å². The first kappa shape index (κ1) is 35.0. The van der Waals surface area contributed by atoms with Crippen molar-refractivity contribution >= 4 is 23.9 Å². The number of hydrogen-bond donors (Lipinski definition) is 1. The zero-order valence-corrected chi connectivity index (χ0v) is 27.8. The van der Waals surface area contributed by atoms with Gasteiger partial charge in [-0.3, -0.25) is 14.4 Å². The normalized spacial score (nSPS) is 14.0. The lowest BCUT2D eigenvalue weighted by atomic mass is 10.1. The van der Waals surface area contributed by atoms with Crippen molar-refractivity contribution in [2.24, 2.45) is 0 Å². The molecule has 0 radical (unpaired) electrons. The van der Waals surface area contributed by atoms with Gasteiger partial charge in [0.15, 0.2) is 11.6 Å². The van der Waals surface area contributed by atoms with Crippen LogP contribution in [0, 0.1) is 0 Å². The van der Waals surface area contributed by atoms with Crippen LogP contribution in [0.15, 0.2) is 42.6 Å². The molecular weight excluding hydrogens is 604 g/mol. The number of benzene rings is 1. The van der Waals surface area contributed by atoms with E-state index in [2.05, 4.69) is 32.5 Å². The van der Waals surface area contributed by atoms with Crippen molar-refractivity contribution in [3.05, 3.63) is 54.0 Å². The van der Waals surface area contributed by atoms with Gasteiger partial charge in [-0.05, 0) is 47.0 Å². The van der Waals surface area contributed by atoms with Crippen molar-refractivity contribution in [1.29, 1.82) is 0 Å². The van der Waals surface area contributed by atoms with E-state index in [9.17, 15) is 19.2 Å². The summed E-state index contributed by atoms with van der Waals surface area (Å²) in [5, 5.41) is 11.3. The maximum atomic E-state index is 13.8. The van der Waals surface area contributed by atoms with Gasteiger partial charge >= 0.3 is 12.1 Å². The molecule has 1 fully saturated rings.